The van der Waals surface area contributed by atoms with Gasteiger partial charge in [0.2, 0.25) is 5.88 Å². The third-order valence-corrected chi connectivity index (χ3v) is 6.05. The molecule has 1 aliphatic heterocycles. The van der Waals surface area contributed by atoms with Crippen molar-refractivity contribution < 1.29 is 9.47 Å². The van der Waals surface area contributed by atoms with Gasteiger partial charge in [-0.3, -0.25) is 0 Å². The molecule has 0 aliphatic carbocycles. The third-order valence-electron chi connectivity index (χ3n) is 5.68. The van der Waals surface area contributed by atoms with Gasteiger partial charge in [-0.1, -0.05) is 84.4 Å². The monoisotopic (exact) mass is 438 g/mol. The number of para-hydroxylation sites is 1. The fourth-order valence-corrected chi connectivity index (χ4v) is 4.32. The van der Waals surface area contributed by atoms with E-state index in [9.17, 15) is 5.26 Å². The van der Waals surface area contributed by atoms with E-state index >= 15 is 0 Å². The third kappa shape index (κ3) is 3.43. The van der Waals surface area contributed by atoms with Gasteiger partial charge in [-0.2, -0.15) is 5.26 Å². The number of hydrogen-bond donors (Lipinski definition) is 1. The van der Waals surface area contributed by atoms with E-state index in [2.05, 4.69) is 6.07 Å². The van der Waals surface area contributed by atoms with Crippen LogP contribution in [0.1, 0.15) is 22.6 Å². The van der Waals surface area contributed by atoms with Crippen LogP contribution >= 0.6 is 11.6 Å². The number of rotatable bonds is 4. The van der Waals surface area contributed by atoms with Crippen molar-refractivity contribution in [2.75, 3.05) is 0 Å². The van der Waals surface area contributed by atoms with E-state index in [0.29, 0.717) is 28.7 Å². The van der Waals surface area contributed by atoms with E-state index in [1.807, 2.05) is 84.9 Å². The Morgan fingerprint density at radius 1 is 0.906 bits per heavy atom. The molecule has 4 nitrogen and oxygen atoms in total. The standard InChI is InChI=1S/C27H19ClN2O2/c28-23-11-5-2-8-18(23)16-31-24-12-6-4-10-20(24)25-21-14-13-17-7-1-3-9-19(17)26(21)32-27(30)22(25)15-29/h1-14,25H,16,30H2/t25-/m1/s1. The molecule has 2 N–H and O–H groups in total. The molecule has 0 unspecified atom stereocenters. The zero-order valence-corrected chi connectivity index (χ0v) is 17.8. The summed E-state index contributed by atoms with van der Waals surface area (Å²) in [6.45, 7) is 0.311. The van der Waals surface area contributed by atoms with Crippen LogP contribution in [0, 0.1) is 11.3 Å². The summed E-state index contributed by atoms with van der Waals surface area (Å²) in [5.41, 5.74) is 9.21. The molecular formula is C27H19ClN2O2. The lowest BCUT2D eigenvalue weighted by atomic mass is 9.82. The molecule has 0 aromatic heterocycles. The molecule has 1 heterocycles. The molecule has 5 heteroatoms. The summed E-state index contributed by atoms with van der Waals surface area (Å²) >= 11 is 6.30. The first-order valence-electron chi connectivity index (χ1n) is 10.2. The predicted molar refractivity (Wildman–Crippen MR) is 125 cm³/mol. The van der Waals surface area contributed by atoms with Crippen LogP contribution in [0.2, 0.25) is 5.02 Å². The van der Waals surface area contributed by atoms with Crippen LogP contribution in [-0.2, 0) is 6.61 Å². The van der Waals surface area contributed by atoms with Gasteiger partial charge in [-0.25, -0.2) is 0 Å². The summed E-state index contributed by atoms with van der Waals surface area (Å²) in [6, 6.07) is 29.5. The minimum absolute atomic E-state index is 0.113. The van der Waals surface area contributed by atoms with E-state index in [1.165, 1.54) is 0 Å². The van der Waals surface area contributed by atoms with Crippen molar-refractivity contribution in [3.63, 3.8) is 0 Å². The smallest absolute Gasteiger partial charge is 0.205 e. The Balaban J connectivity index is 1.63. The van der Waals surface area contributed by atoms with Gasteiger partial charge < -0.3 is 15.2 Å². The maximum absolute atomic E-state index is 9.94. The first-order chi connectivity index (χ1) is 15.7. The van der Waals surface area contributed by atoms with E-state index in [0.717, 1.165) is 27.5 Å². The van der Waals surface area contributed by atoms with Gasteiger partial charge in [0, 0.05) is 27.1 Å². The number of nitrogens with two attached hydrogens (primary N) is 1. The number of allylic oxidation sites excluding steroid dienone is 1. The van der Waals surface area contributed by atoms with Gasteiger partial charge in [0.15, 0.2) is 0 Å². The van der Waals surface area contributed by atoms with Crippen LogP contribution in [0.5, 0.6) is 11.5 Å². The van der Waals surface area contributed by atoms with Gasteiger partial charge in [0.25, 0.3) is 0 Å². The number of nitriles is 1. The lowest BCUT2D eigenvalue weighted by molar-refractivity contribution is 0.302. The highest BCUT2D eigenvalue weighted by molar-refractivity contribution is 6.31. The molecule has 4 aromatic carbocycles. The van der Waals surface area contributed by atoms with Gasteiger partial charge in [-0.15, -0.1) is 0 Å². The Morgan fingerprint density at radius 3 is 2.50 bits per heavy atom. The van der Waals surface area contributed by atoms with E-state index < -0.39 is 5.92 Å². The predicted octanol–water partition coefficient (Wildman–Crippen LogP) is 6.29. The molecule has 156 valence electrons. The van der Waals surface area contributed by atoms with E-state index in [4.69, 9.17) is 26.8 Å². The summed E-state index contributed by atoms with van der Waals surface area (Å²) in [7, 11) is 0. The Morgan fingerprint density at radius 2 is 1.66 bits per heavy atom. The van der Waals surface area contributed by atoms with Crippen molar-refractivity contribution in [3.05, 3.63) is 118 Å². The Hall–Kier alpha value is -3.94. The van der Waals surface area contributed by atoms with Crippen LogP contribution in [0.3, 0.4) is 0 Å². The summed E-state index contributed by atoms with van der Waals surface area (Å²) in [4.78, 5) is 0. The molecule has 0 saturated heterocycles. The van der Waals surface area contributed by atoms with Crippen molar-refractivity contribution >= 4 is 22.4 Å². The van der Waals surface area contributed by atoms with Crippen LogP contribution < -0.4 is 15.2 Å². The number of ether oxygens (including phenoxy) is 2. The first kappa shape index (κ1) is 20.0. The van der Waals surface area contributed by atoms with Gasteiger partial charge >= 0.3 is 0 Å². The molecule has 0 saturated carbocycles. The normalized spacial score (nSPS) is 15.1. The summed E-state index contributed by atoms with van der Waals surface area (Å²) in [6.07, 6.45) is 0. The second-order valence-corrected chi connectivity index (χ2v) is 7.95. The highest BCUT2D eigenvalue weighted by Gasteiger charge is 2.33. The Kier molecular flexibility index (Phi) is 5.18. The molecule has 1 atom stereocenters. The first-order valence-corrected chi connectivity index (χ1v) is 10.6. The van der Waals surface area contributed by atoms with Gasteiger partial charge in [0.1, 0.15) is 29.7 Å². The second-order valence-electron chi connectivity index (χ2n) is 7.55. The summed E-state index contributed by atoms with van der Waals surface area (Å²) < 4.78 is 12.2. The van der Waals surface area contributed by atoms with Gasteiger partial charge in [0.05, 0.1) is 5.92 Å². The van der Waals surface area contributed by atoms with E-state index in [-0.39, 0.29) is 5.88 Å². The minimum Gasteiger partial charge on any atom is -0.489 e. The largest absolute Gasteiger partial charge is 0.489 e. The molecule has 0 bridgehead atoms. The number of halogens is 1. The quantitative estimate of drug-likeness (QED) is 0.406. The van der Waals surface area contributed by atoms with Crippen molar-refractivity contribution in [2.24, 2.45) is 5.73 Å². The van der Waals surface area contributed by atoms with Crippen molar-refractivity contribution in [3.8, 4) is 17.6 Å². The number of hydrogen-bond acceptors (Lipinski definition) is 4. The lowest BCUT2D eigenvalue weighted by Gasteiger charge is -2.28. The fourth-order valence-electron chi connectivity index (χ4n) is 4.13. The van der Waals surface area contributed by atoms with Crippen molar-refractivity contribution in [1.29, 1.82) is 5.26 Å². The molecule has 0 radical (unpaired) electrons. The maximum Gasteiger partial charge on any atom is 0.205 e. The molecule has 32 heavy (non-hydrogen) atoms. The van der Waals surface area contributed by atoms with Crippen molar-refractivity contribution in [2.45, 2.75) is 12.5 Å². The van der Waals surface area contributed by atoms with Crippen LogP contribution in [0.4, 0.5) is 0 Å². The summed E-state index contributed by atoms with van der Waals surface area (Å²) in [5.74, 6) is 1.04. The summed E-state index contributed by atoms with van der Waals surface area (Å²) in [5, 5.41) is 12.6. The van der Waals surface area contributed by atoms with Gasteiger partial charge in [-0.05, 0) is 17.5 Å². The van der Waals surface area contributed by atoms with Crippen LogP contribution in [0.15, 0.2) is 96.4 Å². The topological polar surface area (TPSA) is 68.3 Å². The average Bonchev–Trinajstić information content (AvgIpc) is 2.83. The lowest BCUT2D eigenvalue weighted by Crippen LogP contribution is -2.21. The highest BCUT2D eigenvalue weighted by atomic mass is 35.5. The van der Waals surface area contributed by atoms with Crippen LogP contribution in [0.25, 0.3) is 10.8 Å². The molecule has 1 aliphatic rings. The van der Waals surface area contributed by atoms with Crippen LogP contribution in [-0.4, -0.2) is 0 Å². The maximum atomic E-state index is 9.94. The molecular weight excluding hydrogens is 420 g/mol. The minimum atomic E-state index is -0.407. The average molecular weight is 439 g/mol. The number of fused-ring (bicyclic) bond motifs is 3. The van der Waals surface area contributed by atoms with Crippen molar-refractivity contribution in [1.82, 2.24) is 0 Å². The second kappa shape index (κ2) is 8.30. The molecule has 0 spiro atoms. The molecule has 5 rings (SSSR count). The Bertz CT molecular complexity index is 1400. The zero-order chi connectivity index (χ0) is 22.1. The van der Waals surface area contributed by atoms with E-state index in [1.54, 1.807) is 0 Å². The molecule has 0 fully saturated rings. The molecule has 0 amide bonds. The zero-order valence-electron chi connectivity index (χ0n) is 17.1. The molecule has 4 aromatic rings. The Labute approximate surface area is 191 Å². The fraction of sp³-hybridized carbons (Fsp3) is 0.0741. The SMILES string of the molecule is N#CC1=C(N)Oc2c(ccc3ccccc23)[C@H]1c1ccccc1OCc1ccccc1Cl. The number of nitrogens with zero attached hydrogens (tertiary/aromatic N) is 1. The highest BCUT2D eigenvalue weighted by Crippen LogP contribution is 2.47. The number of benzene rings is 4.